The average Bonchev–Trinajstić information content (AvgIpc) is 3.27. The third kappa shape index (κ3) is 4.19. The molecule has 0 saturated heterocycles. The molecule has 0 saturated carbocycles. The summed E-state index contributed by atoms with van der Waals surface area (Å²) in [5.41, 5.74) is -0.0501. The van der Waals surface area contributed by atoms with Gasteiger partial charge < -0.3 is 4.74 Å². The first-order chi connectivity index (χ1) is 14.5. The van der Waals surface area contributed by atoms with Crippen LogP contribution in [0.3, 0.4) is 0 Å². The maximum absolute atomic E-state index is 12.8. The minimum Gasteiger partial charge on any atom is -0.437 e. The number of benzene rings is 3. The van der Waals surface area contributed by atoms with Crippen LogP contribution in [0.4, 0.5) is 13.2 Å². The number of aromatic nitrogens is 2. The van der Waals surface area contributed by atoms with Gasteiger partial charge in [-0.1, -0.05) is 35.2 Å². The van der Waals surface area contributed by atoms with Gasteiger partial charge in [0.1, 0.15) is 5.75 Å². The second-order valence-electron chi connectivity index (χ2n) is 6.62. The topological polar surface area (TPSA) is 35.0 Å². The Labute approximate surface area is 192 Å². The van der Waals surface area contributed by atoms with Crippen LogP contribution < -0.4 is 4.74 Å². The standard InChI is InChI=1S/C23H12F3N2OS.Ir/c24-23(25,26)16-7-9-17(10-8-16)29-22-19-13-15-5-2-1-4-14(15)12-18(19)21(27-28-22)20-6-3-11-30-20;/h1-5,7-13H;/q-1;. The summed E-state index contributed by atoms with van der Waals surface area (Å²) in [6.45, 7) is 0. The molecule has 3 nitrogen and oxygen atoms in total. The fourth-order valence-electron chi connectivity index (χ4n) is 3.25. The van der Waals surface area contributed by atoms with Crippen LogP contribution in [0.1, 0.15) is 5.56 Å². The van der Waals surface area contributed by atoms with Gasteiger partial charge in [0.05, 0.1) is 5.56 Å². The zero-order valence-corrected chi connectivity index (χ0v) is 18.8. The molecule has 157 valence electrons. The van der Waals surface area contributed by atoms with Crippen LogP contribution in [0, 0.1) is 6.07 Å². The summed E-state index contributed by atoms with van der Waals surface area (Å²) in [6, 6.07) is 21.3. The molecule has 1 radical (unpaired) electrons. The predicted molar refractivity (Wildman–Crippen MR) is 111 cm³/mol. The second-order valence-corrected chi connectivity index (χ2v) is 7.53. The maximum atomic E-state index is 12.8. The van der Waals surface area contributed by atoms with Crippen molar-refractivity contribution < 1.29 is 38.0 Å². The zero-order valence-electron chi connectivity index (χ0n) is 15.6. The minimum absolute atomic E-state index is 0. The van der Waals surface area contributed by atoms with E-state index in [1.54, 1.807) is 0 Å². The quantitative estimate of drug-likeness (QED) is 0.161. The van der Waals surface area contributed by atoms with E-state index in [1.165, 1.54) is 23.5 Å². The molecule has 0 N–H and O–H groups in total. The van der Waals surface area contributed by atoms with E-state index in [-0.39, 0.29) is 31.7 Å². The third-order valence-electron chi connectivity index (χ3n) is 4.69. The van der Waals surface area contributed by atoms with Crippen molar-refractivity contribution in [1.29, 1.82) is 0 Å². The van der Waals surface area contributed by atoms with Crippen LogP contribution in [-0.4, -0.2) is 10.2 Å². The van der Waals surface area contributed by atoms with Gasteiger partial charge in [-0.25, -0.2) is 16.4 Å². The molecule has 5 rings (SSSR count). The van der Waals surface area contributed by atoms with Crippen molar-refractivity contribution in [3.63, 3.8) is 0 Å². The van der Waals surface area contributed by atoms with Crippen LogP contribution in [-0.2, 0) is 26.3 Å². The summed E-state index contributed by atoms with van der Waals surface area (Å²) < 4.78 is 44.3. The summed E-state index contributed by atoms with van der Waals surface area (Å²) in [5, 5.41) is 14.1. The second kappa shape index (κ2) is 8.38. The van der Waals surface area contributed by atoms with Crippen molar-refractivity contribution in [2.75, 3.05) is 0 Å². The molecular weight excluding hydrogens is 602 g/mol. The number of halogens is 3. The Morgan fingerprint density at radius 1 is 0.871 bits per heavy atom. The van der Waals surface area contributed by atoms with Gasteiger partial charge in [0.2, 0.25) is 5.88 Å². The molecule has 3 aromatic carbocycles. The van der Waals surface area contributed by atoms with E-state index in [4.69, 9.17) is 4.74 Å². The molecule has 0 bridgehead atoms. The van der Waals surface area contributed by atoms with Gasteiger partial charge in [-0.2, -0.15) is 25.3 Å². The van der Waals surface area contributed by atoms with Crippen molar-refractivity contribution in [1.82, 2.24) is 10.2 Å². The number of nitrogens with zero attached hydrogens (tertiary/aromatic N) is 2. The summed E-state index contributed by atoms with van der Waals surface area (Å²) in [5.74, 6) is 0.484. The number of ether oxygens (including phenoxy) is 1. The number of alkyl halides is 3. The van der Waals surface area contributed by atoms with E-state index < -0.39 is 11.7 Å². The van der Waals surface area contributed by atoms with Gasteiger partial charge in [-0.05, 0) is 46.5 Å². The van der Waals surface area contributed by atoms with E-state index >= 15 is 0 Å². The van der Waals surface area contributed by atoms with Crippen molar-refractivity contribution >= 4 is 32.9 Å². The first kappa shape index (κ1) is 21.4. The molecule has 0 aliphatic carbocycles. The van der Waals surface area contributed by atoms with Crippen LogP contribution in [0.15, 0.2) is 72.1 Å². The Balaban J connectivity index is 0.00000231. The molecule has 8 heteroatoms. The number of thiophene rings is 1. The number of hydrogen-bond donors (Lipinski definition) is 0. The Kier molecular flexibility index (Phi) is 5.79. The summed E-state index contributed by atoms with van der Waals surface area (Å²) >= 11 is 1.50. The Bertz CT molecular complexity index is 1350. The van der Waals surface area contributed by atoms with E-state index in [0.717, 1.165) is 38.6 Å². The van der Waals surface area contributed by atoms with Gasteiger partial charge in [0.15, 0.2) is 0 Å². The SMILES string of the molecule is FC(F)(F)c1ccc(Oc2nnc(-c3[c-]ccs3)c3cc4ccccc4cc23)cc1.[Ir]. The molecule has 0 aliphatic rings. The molecule has 0 atom stereocenters. The van der Waals surface area contributed by atoms with Crippen molar-refractivity contribution in [3.8, 4) is 22.2 Å². The smallest absolute Gasteiger partial charge is 0.416 e. The predicted octanol–water partition coefficient (Wildman–Crippen LogP) is 7.12. The molecule has 2 heterocycles. The van der Waals surface area contributed by atoms with E-state index in [1.807, 2.05) is 47.8 Å². The van der Waals surface area contributed by atoms with Crippen molar-refractivity contribution in [2.24, 2.45) is 0 Å². The first-order valence-electron chi connectivity index (χ1n) is 8.99. The fourth-order valence-corrected chi connectivity index (χ4v) is 3.92. The first-order valence-corrected chi connectivity index (χ1v) is 9.87. The zero-order chi connectivity index (χ0) is 20.7. The number of fused-ring (bicyclic) bond motifs is 2. The maximum Gasteiger partial charge on any atom is 0.416 e. The van der Waals surface area contributed by atoms with Gasteiger partial charge >= 0.3 is 6.18 Å². The largest absolute Gasteiger partial charge is 0.437 e. The molecular formula is C23H12F3IrN2OS-. The molecule has 5 aromatic rings. The van der Waals surface area contributed by atoms with Crippen molar-refractivity contribution in [3.05, 3.63) is 83.7 Å². The monoisotopic (exact) mass is 614 g/mol. The van der Waals surface area contributed by atoms with Crippen LogP contribution in [0.25, 0.3) is 32.1 Å². The van der Waals surface area contributed by atoms with Gasteiger partial charge in [0.25, 0.3) is 0 Å². The van der Waals surface area contributed by atoms with E-state index in [0.29, 0.717) is 5.69 Å². The Morgan fingerprint density at radius 2 is 1.55 bits per heavy atom. The van der Waals surface area contributed by atoms with E-state index in [2.05, 4.69) is 16.3 Å². The van der Waals surface area contributed by atoms with Crippen LogP contribution >= 0.6 is 11.3 Å². The summed E-state index contributed by atoms with van der Waals surface area (Å²) in [7, 11) is 0. The average molecular weight is 614 g/mol. The minimum atomic E-state index is -4.40. The molecule has 0 spiro atoms. The molecule has 0 aliphatic heterocycles. The van der Waals surface area contributed by atoms with Crippen LogP contribution in [0.2, 0.25) is 0 Å². The van der Waals surface area contributed by atoms with E-state index in [9.17, 15) is 13.2 Å². The molecule has 31 heavy (non-hydrogen) atoms. The molecule has 0 amide bonds. The van der Waals surface area contributed by atoms with Gasteiger partial charge in [-0.15, -0.1) is 10.5 Å². The fraction of sp³-hybridized carbons (Fsp3) is 0.0435. The summed E-state index contributed by atoms with van der Waals surface area (Å²) in [6.07, 6.45) is -4.40. The van der Waals surface area contributed by atoms with Crippen LogP contribution in [0.5, 0.6) is 11.6 Å². The Hall–Kier alpha value is -2.80. The molecule has 0 fully saturated rings. The molecule has 2 aromatic heterocycles. The number of hydrogen-bond acceptors (Lipinski definition) is 4. The van der Waals surface area contributed by atoms with Gasteiger partial charge in [0, 0.05) is 31.2 Å². The Morgan fingerprint density at radius 3 is 2.16 bits per heavy atom. The normalized spacial score (nSPS) is 11.5. The summed E-state index contributed by atoms with van der Waals surface area (Å²) in [4.78, 5) is 0.851. The third-order valence-corrected chi connectivity index (χ3v) is 5.51. The molecule has 0 unspecified atom stereocenters. The van der Waals surface area contributed by atoms with Crippen molar-refractivity contribution in [2.45, 2.75) is 6.18 Å². The number of rotatable bonds is 3. The van der Waals surface area contributed by atoms with Gasteiger partial charge in [-0.3, -0.25) is 0 Å².